The summed E-state index contributed by atoms with van der Waals surface area (Å²) in [4.78, 5) is 0. The van der Waals surface area contributed by atoms with Crippen LogP contribution in [-0.4, -0.2) is 30.5 Å². The first-order chi connectivity index (χ1) is 4.27. The van der Waals surface area contributed by atoms with Gasteiger partial charge in [-0.25, -0.2) is 4.39 Å². The Morgan fingerprint density at radius 2 is 2.30 bits per heavy atom. The summed E-state index contributed by atoms with van der Waals surface area (Å²) in [6.07, 6.45) is 1.33. The zero-order chi connectivity index (χ0) is 6.74. The van der Waals surface area contributed by atoms with Gasteiger partial charge in [0.25, 0.3) is 0 Å². The Kier molecular flexibility index (Phi) is 4.17. The highest BCUT2D eigenvalue weighted by molar-refractivity contribution is 5.85. The van der Waals surface area contributed by atoms with Gasteiger partial charge in [-0.05, 0) is 19.4 Å². The number of rotatable bonds is 1. The van der Waals surface area contributed by atoms with Gasteiger partial charge in [-0.3, -0.25) is 0 Å². The summed E-state index contributed by atoms with van der Waals surface area (Å²) in [5, 5.41) is 11.4. The smallest absolute Gasteiger partial charge is 0.146 e. The fourth-order valence-electron chi connectivity index (χ4n) is 1.07. The molecule has 62 valence electrons. The predicted molar refractivity (Wildman–Crippen MR) is 40.3 cm³/mol. The van der Waals surface area contributed by atoms with Gasteiger partial charge in [-0.1, -0.05) is 0 Å². The molecular formula is C6H13ClFNO. The summed E-state index contributed by atoms with van der Waals surface area (Å²) >= 11 is 0. The van der Waals surface area contributed by atoms with E-state index < -0.39 is 5.67 Å². The minimum absolute atomic E-state index is 0. The highest BCUT2D eigenvalue weighted by atomic mass is 35.5. The van der Waals surface area contributed by atoms with Crippen LogP contribution in [0.4, 0.5) is 4.39 Å². The summed E-state index contributed by atoms with van der Waals surface area (Å²) < 4.78 is 13.0. The molecule has 1 aliphatic rings. The highest BCUT2D eigenvalue weighted by Gasteiger charge is 2.30. The van der Waals surface area contributed by atoms with Gasteiger partial charge in [0.15, 0.2) is 0 Å². The molecule has 0 bridgehead atoms. The second kappa shape index (κ2) is 4.11. The van der Waals surface area contributed by atoms with Crippen molar-refractivity contribution in [3.8, 4) is 0 Å². The van der Waals surface area contributed by atoms with Crippen molar-refractivity contribution in [1.29, 1.82) is 0 Å². The zero-order valence-corrected chi connectivity index (χ0v) is 6.59. The fourth-order valence-corrected chi connectivity index (χ4v) is 1.07. The molecule has 1 aliphatic heterocycles. The Hall–Kier alpha value is 0.140. The van der Waals surface area contributed by atoms with Crippen LogP contribution < -0.4 is 5.32 Å². The first-order valence-electron chi connectivity index (χ1n) is 3.27. The summed E-state index contributed by atoms with van der Waals surface area (Å²) in [6, 6.07) is 0. The number of hydrogen-bond donors (Lipinski definition) is 2. The lowest BCUT2D eigenvalue weighted by atomic mass is 9.97. The third kappa shape index (κ3) is 2.40. The maximum Gasteiger partial charge on any atom is 0.146 e. The molecule has 0 unspecified atom stereocenters. The summed E-state index contributed by atoms with van der Waals surface area (Å²) in [7, 11) is 0. The van der Waals surface area contributed by atoms with E-state index in [1.54, 1.807) is 0 Å². The van der Waals surface area contributed by atoms with Crippen LogP contribution in [0.5, 0.6) is 0 Å². The summed E-state index contributed by atoms with van der Waals surface area (Å²) in [5.74, 6) is 0. The normalized spacial score (nSPS) is 33.0. The van der Waals surface area contributed by atoms with Crippen molar-refractivity contribution in [1.82, 2.24) is 5.32 Å². The molecule has 0 spiro atoms. The molecule has 0 amide bonds. The molecule has 2 nitrogen and oxygen atoms in total. The molecule has 0 aliphatic carbocycles. The lowest BCUT2D eigenvalue weighted by molar-refractivity contribution is 0.0479. The van der Waals surface area contributed by atoms with Crippen molar-refractivity contribution in [3.63, 3.8) is 0 Å². The third-order valence-electron chi connectivity index (χ3n) is 1.70. The molecule has 1 heterocycles. The molecule has 1 fully saturated rings. The minimum Gasteiger partial charge on any atom is -0.393 e. The van der Waals surface area contributed by atoms with E-state index in [0.717, 1.165) is 13.0 Å². The number of aliphatic hydroxyl groups is 1. The molecule has 2 N–H and O–H groups in total. The quantitative estimate of drug-likeness (QED) is 0.599. The van der Waals surface area contributed by atoms with Crippen molar-refractivity contribution in [2.75, 3.05) is 19.7 Å². The van der Waals surface area contributed by atoms with Crippen LogP contribution in [-0.2, 0) is 0 Å². The molecular weight excluding hydrogens is 157 g/mol. The number of piperidine rings is 1. The molecule has 1 atom stereocenters. The van der Waals surface area contributed by atoms with E-state index in [9.17, 15) is 4.39 Å². The average molecular weight is 170 g/mol. The minimum atomic E-state index is -1.34. The second-order valence-electron chi connectivity index (χ2n) is 2.59. The highest BCUT2D eigenvalue weighted by Crippen LogP contribution is 2.19. The maximum absolute atomic E-state index is 13.0. The molecule has 4 heteroatoms. The van der Waals surface area contributed by atoms with E-state index in [1.807, 2.05) is 0 Å². The van der Waals surface area contributed by atoms with Crippen molar-refractivity contribution in [2.45, 2.75) is 18.5 Å². The van der Waals surface area contributed by atoms with Gasteiger partial charge in [-0.15, -0.1) is 12.4 Å². The van der Waals surface area contributed by atoms with Crippen molar-refractivity contribution in [3.05, 3.63) is 0 Å². The van der Waals surface area contributed by atoms with E-state index >= 15 is 0 Å². The molecule has 0 radical (unpaired) electrons. The Labute approximate surface area is 66.2 Å². The molecule has 1 rings (SSSR count). The number of alkyl halides is 1. The van der Waals surface area contributed by atoms with Gasteiger partial charge in [-0.2, -0.15) is 0 Å². The van der Waals surface area contributed by atoms with Gasteiger partial charge < -0.3 is 10.4 Å². The molecule has 0 aromatic rings. The third-order valence-corrected chi connectivity index (χ3v) is 1.70. The monoisotopic (exact) mass is 169 g/mol. The Morgan fingerprint density at radius 3 is 2.60 bits per heavy atom. The standard InChI is InChI=1S/C6H12FNO.ClH/c7-6(5-9)2-1-3-8-4-6;/h8-9H,1-5H2;1H/t6-;/m0./s1. The van der Waals surface area contributed by atoms with Crippen LogP contribution in [0.3, 0.4) is 0 Å². The van der Waals surface area contributed by atoms with Crippen LogP contribution in [0.1, 0.15) is 12.8 Å². The summed E-state index contributed by atoms with van der Waals surface area (Å²) in [6.45, 7) is 0.842. The van der Waals surface area contributed by atoms with E-state index in [2.05, 4.69) is 5.32 Å². The Morgan fingerprint density at radius 1 is 1.60 bits per heavy atom. The van der Waals surface area contributed by atoms with Crippen molar-refractivity contribution < 1.29 is 9.50 Å². The predicted octanol–water partition coefficient (Wildman–Crippen LogP) is 0.492. The van der Waals surface area contributed by atoms with Crippen LogP contribution >= 0.6 is 12.4 Å². The second-order valence-corrected chi connectivity index (χ2v) is 2.59. The van der Waals surface area contributed by atoms with E-state index in [0.29, 0.717) is 13.0 Å². The first-order valence-corrected chi connectivity index (χ1v) is 3.27. The molecule has 10 heavy (non-hydrogen) atoms. The Bertz CT molecular complexity index is 95.7. The number of nitrogens with one attached hydrogen (secondary N) is 1. The van der Waals surface area contributed by atoms with Crippen LogP contribution in [0.25, 0.3) is 0 Å². The zero-order valence-electron chi connectivity index (χ0n) is 5.77. The van der Waals surface area contributed by atoms with E-state index in [1.165, 1.54) is 0 Å². The Balaban J connectivity index is 0.000000810. The largest absolute Gasteiger partial charge is 0.393 e. The van der Waals surface area contributed by atoms with E-state index in [-0.39, 0.29) is 19.0 Å². The molecule has 0 aromatic carbocycles. The lowest BCUT2D eigenvalue weighted by Gasteiger charge is -2.27. The van der Waals surface area contributed by atoms with Crippen LogP contribution in [0.2, 0.25) is 0 Å². The van der Waals surface area contributed by atoms with E-state index in [4.69, 9.17) is 5.11 Å². The maximum atomic E-state index is 13.0. The number of hydrogen-bond acceptors (Lipinski definition) is 2. The van der Waals surface area contributed by atoms with Gasteiger partial charge in [0, 0.05) is 6.54 Å². The van der Waals surface area contributed by atoms with Gasteiger partial charge in [0.05, 0.1) is 6.61 Å². The van der Waals surface area contributed by atoms with Gasteiger partial charge in [0.2, 0.25) is 0 Å². The van der Waals surface area contributed by atoms with Crippen LogP contribution in [0, 0.1) is 0 Å². The number of aliphatic hydroxyl groups excluding tert-OH is 1. The van der Waals surface area contributed by atoms with Crippen molar-refractivity contribution >= 4 is 12.4 Å². The molecule has 0 saturated carbocycles. The topological polar surface area (TPSA) is 32.3 Å². The molecule has 1 saturated heterocycles. The number of halogens is 2. The first kappa shape index (κ1) is 10.1. The summed E-state index contributed by atoms with van der Waals surface area (Å²) in [5.41, 5.74) is -1.34. The van der Waals surface area contributed by atoms with Crippen molar-refractivity contribution in [2.24, 2.45) is 0 Å². The fraction of sp³-hybridized carbons (Fsp3) is 1.00. The average Bonchev–Trinajstić information content (AvgIpc) is 1.90. The lowest BCUT2D eigenvalue weighted by Crippen LogP contribution is -2.44. The molecule has 0 aromatic heterocycles. The van der Waals surface area contributed by atoms with Gasteiger partial charge >= 0.3 is 0 Å². The SMILES string of the molecule is Cl.OC[C@]1(F)CCCNC1. The van der Waals surface area contributed by atoms with Gasteiger partial charge in [0.1, 0.15) is 5.67 Å². The van der Waals surface area contributed by atoms with Crippen LogP contribution in [0.15, 0.2) is 0 Å².